The van der Waals surface area contributed by atoms with Crippen LogP contribution in [-0.4, -0.2) is 23.4 Å². The van der Waals surface area contributed by atoms with Gasteiger partial charge >= 0.3 is 5.97 Å². The van der Waals surface area contributed by atoms with E-state index in [1.807, 2.05) is 13.0 Å². The highest BCUT2D eigenvalue weighted by Gasteiger charge is 2.28. The van der Waals surface area contributed by atoms with Gasteiger partial charge in [0.1, 0.15) is 28.2 Å². The number of thiophene rings is 1. The van der Waals surface area contributed by atoms with Gasteiger partial charge in [-0.15, -0.1) is 11.3 Å². The Balaban J connectivity index is 1.57. The summed E-state index contributed by atoms with van der Waals surface area (Å²) in [7, 11) is 0. The van der Waals surface area contributed by atoms with Crippen LogP contribution in [0.4, 0.5) is 10.7 Å². The van der Waals surface area contributed by atoms with Crippen LogP contribution in [-0.2, 0) is 22.4 Å². The number of fused-ring (bicyclic) bond motifs is 1. The van der Waals surface area contributed by atoms with Crippen molar-refractivity contribution in [2.75, 3.05) is 11.9 Å². The molecule has 1 N–H and O–H groups in total. The van der Waals surface area contributed by atoms with Crippen LogP contribution in [0.1, 0.15) is 59.2 Å². The van der Waals surface area contributed by atoms with Crippen LogP contribution in [0.3, 0.4) is 0 Å². The van der Waals surface area contributed by atoms with Crippen molar-refractivity contribution in [2.24, 2.45) is 0 Å². The van der Waals surface area contributed by atoms with Gasteiger partial charge in [-0.2, -0.15) is 5.26 Å². The molecule has 190 valence electrons. The molecule has 1 aromatic carbocycles. The zero-order chi connectivity index (χ0) is 26.4. The molecule has 2 heterocycles. The topological polar surface area (TPSA) is 135 Å². The first-order valence-corrected chi connectivity index (χ1v) is 12.8. The van der Waals surface area contributed by atoms with Crippen LogP contribution < -0.4 is 5.32 Å². The fraction of sp³-hybridized carbons (Fsp3) is 0.296. The Morgan fingerprint density at radius 3 is 2.84 bits per heavy atom. The average Bonchev–Trinajstić information content (AvgIpc) is 3.51. The summed E-state index contributed by atoms with van der Waals surface area (Å²) >= 11 is 1.35. The number of esters is 1. The molecule has 0 atom stereocenters. The highest BCUT2D eigenvalue weighted by Crippen LogP contribution is 2.39. The molecule has 1 aliphatic rings. The van der Waals surface area contributed by atoms with Gasteiger partial charge in [0.2, 0.25) is 0 Å². The van der Waals surface area contributed by atoms with Gasteiger partial charge in [0.25, 0.3) is 11.6 Å². The van der Waals surface area contributed by atoms with Gasteiger partial charge in [0.05, 0.1) is 17.1 Å². The summed E-state index contributed by atoms with van der Waals surface area (Å²) in [6, 6.07) is 11.0. The molecule has 0 saturated heterocycles. The molecule has 37 heavy (non-hydrogen) atoms. The molecule has 0 fully saturated rings. The lowest BCUT2D eigenvalue weighted by Gasteiger charge is -2.12. The van der Waals surface area contributed by atoms with Gasteiger partial charge in [-0.1, -0.05) is 25.5 Å². The normalized spacial score (nSPS) is 12.9. The number of hydrogen-bond donors (Lipinski definition) is 1. The van der Waals surface area contributed by atoms with Crippen molar-refractivity contribution < 1.29 is 23.7 Å². The zero-order valence-electron chi connectivity index (χ0n) is 20.2. The number of amides is 1. The van der Waals surface area contributed by atoms with E-state index < -0.39 is 16.8 Å². The number of nitrogens with zero attached hydrogens (tertiary/aromatic N) is 2. The van der Waals surface area contributed by atoms with Crippen molar-refractivity contribution in [2.45, 2.75) is 45.4 Å². The number of non-ortho nitro benzene ring substituents is 1. The molecule has 1 aliphatic carbocycles. The maximum absolute atomic E-state index is 13.0. The number of furan rings is 1. The maximum atomic E-state index is 13.0. The lowest BCUT2D eigenvalue weighted by Crippen LogP contribution is -2.17. The molecule has 9 nitrogen and oxygen atoms in total. The molecular weight excluding hydrogens is 494 g/mol. The number of anilines is 1. The predicted molar refractivity (Wildman–Crippen MR) is 139 cm³/mol. The minimum absolute atomic E-state index is 0.0780. The summed E-state index contributed by atoms with van der Waals surface area (Å²) < 4.78 is 11.2. The highest BCUT2D eigenvalue weighted by molar-refractivity contribution is 7.17. The largest absolute Gasteiger partial charge is 0.462 e. The van der Waals surface area contributed by atoms with Crippen LogP contribution in [0.25, 0.3) is 17.4 Å². The third kappa shape index (κ3) is 5.95. The number of benzene rings is 1. The SMILES string of the molecule is CCCCOC(=O)c1c(NC(=O)C(C#N)=Cc2ccc(-c3cccc([N+](=O)[O-])c3)o2)sc2c1CCCC2. The highest BCUT2D eigenvalue weighted by atomic mass is 32.1. The van der Waals surface area contributed by atoms with Crippen LogP contribution in [0.2, 0.25) is 0 Å². The Hall–Kier alpha value is -4.23. The molecule has 1 amide bonds. The van der Waals surface area contributed by atoms with Crippen LogP contribution in [0.15, 0.2) is 46.4 Å². The minimum atomic E-state index is -0.669. The van der Waals surface area contributed by atoms with Crippen molar-refractivity contribution in [3.63, 3.8) is 0 Å². The van der Waals surface area contributed by atoms with E-state index in [2.05, 4.69) is 5.32 Å². The molecule has 0 bridgehead atoms. The number of nitro groups is 1. The summed E-state index contributed by atoms with van der Waals surface area (Å²) in [5.74, 6) is -0.538. The number of nitrogens with one attached hydrogen (secondary N) is 1. The van der Waals surface area contributed by atoms with Crippen LogP contribution >= 0.6 is 11.3 Å². The standard InChI is InChI=1S/C27H25N3O6S/c1-2-3-13-35-27(32)24-21-9-4-5-10-23(21)37-26(24)29-25(31)18(16-28)15-20-11-12-22(36-20)17-7-6-8-19(14-17)30(33)34/h6-8,11-12,14-15H,2-5,9-10,13H2,1H3,(H,29,31). The third-order valence-corrected chi connectivity index (χ3v) is 7.16. The number of carbonyl (C=O) groups is 2. The first-order valence-electron chi connectivity index (χ1n) is 12.0. The van der Waals surface area contributed by atoms with Gasteiger partial charge in [-0.3, -0.25) is 14.9 Å². The van der Waals surface area contributed by atoms with E-state index in [1.54, 1.807) is 24.3 Å². The molecule has 3 aromatic rings. The molecule has 0 aliphatic heterocycles. The van der Waals surface area contributed by atoms with E-state index in [0.29, 0.717) is 28.5 Å². The van der Waals surface area contributed by atoms with Crippen molar-refractivity contribution in [1.29, 1.82) is 5.26 Å². The summed E-state index contributed by atoms with van der Waals surface area (Å²) in [6.07, 6.45) is 6.49. The molecule has 10 heteroatoms. The van der Waals surface area contributed by atoms with E-state index in [1.165, 1.54) is 29.5 Å². The van der Waals surface area contributed by atoms with Gasteiger partial charge in [0, 0.05) is 28.6 Å². The van der Waals surface area contributed by atoms with E-state index in [9.17, 15) is 25.0 Å². The van der Waals surface area contributed by atoms with Gasteiger partial charge in [-0.25, -0.2) is 4.79 Å². The lowest BCUT2D eigenvalue weighted by molar-refractivity contribution is -0.384. The number of nitro benzene ring substituents is 1. The summed E-state index contributed by atoms with van der Waals surface area (Å²) in [5.41, 5.74) is 1.50. The fourth-order valence-electron chi connectivity index (χ4n) is 4.07. The summed E-state index contributed by atoms with van der Waals surface area (Å²) in [5, 5.41) is 23.8. The maximum Gasteiger partial charge on any atom is 0.341 e. The molecule has 0 spiro atoms. The van der Waals surface area contributed by atoms with E-state index in [0.717, 1.165) is 49.0 Å². The Morgan fingerprint density at radius 1 is 1.27 bits per heavy atom. The Morgan fingerprint density at radius 2 is 2.08 bits per heavy atom. The van der Waals surface area contributed by atoms with Gasteiger partial charge in [0.15, 0.2) is 0 Å². The first-order chi connectivity index (χ1) is 17.9. The summed E-state index contributed by atoms with van der Waals surface area (Å²) in [6.45, 7) is 2.31. The zero-order valence-corrected chi connectivity index (χ0v) is 21.1. The van der Waals surface area contributed by atoms with Gasteiger partial charge < -0.3 is 14.5 Å². The monoisotopic (exact) mass is 519 g/mol. The second-order valence-electron chi connectivity index (χ2n) is 8.54. The average molecular weight is 520 g/mol. The van der Waals surface area contributed by atoms with Crippen molar-refractivity contribution in [1.82, 2.24) is 0 Å². The number of hydrogen-bond acceptors (Lipinski definition) is 8. The molecular formula is C27H25N3O6S. The second kappa shape index (κ2) is 11.7. The minimum Gasteiger partial charge on any atom is -0.462 e. The molecule has 0 radical (unpaired) electrons. The van der Waals surface area contributed by atoms with E-state index >= 15 is 0 Å². The number of rotatable bonds is 9. The van der Waals surface area contributed by atoms with E-state index in [-0.39, 0.29) is 17.0 Å². The molecule has 2 aromatic heterocycles. The predicted octanol–water partition coefficient (Wildman–Crippen LogP) is 6.30. The first kappa shape index (κ1) is 25.9. The van der Waals surface area contributed by atoms with Crippen molar-refractivity contribution >= 4 is 40.0 Å². The number of aryl methyl sites for hydroxylation is 1. The molecule has 4 rings (SSSR count). The molecule has 0 unspecified atom stereocenters. The second-order valence-corrected chi connectivity index (χ2v) is 9.64. The number of ether oxygens (including phenoxy) is 1. The Kier molecular flexibility index (Phi) is 8.15. The quantitative estimate of drug-likeness (QED) is 0.0875. The summed E-state index contributed by atoms with van der Waals surface area (Å²) in [4.78, 5) is 37.5. The number of carbonyl (C=O) groups excluding carboxylic acids is 2. The smallest absolute Gasteiger partial charge is 0.341 e. The number of nitriles is 1. The van der Waals surface area contributed by atoms with Crippen molar-refractivity contribution in [3.8, 4) is 17.4 Å². The Labute approximate surface area is 217 Å². The van der Waals surface area contributed by atoms with Crippen LogP contribution in [0, 0.1) is 21.4 Å². The number of unbranched alkanes of at least 4 members (excludes halogenated alkanes) is 1. The van der Waals surface area contributed by atoms with Crippen LogP contribution in [0.5, 0.6) is 0 Å². The fourth-order valence-corrected chi connectivity index (χ4v) is 5.34. The van der Waals surface area contributed by atoms with Gasteiger partial charge in [-0.05, 0) is 49.8 Å². The Bertz CT molecular complexity index is 1410. The van der Waals surface area contributed by atoms with Crippen molar-refractivity contribution in [3.05, 3.63) is 73.8 Å². The molecule has 0 saturated carbocycles. The van der Waals surface area contributed by atoms with E-state index in [4.69, 9.17) is 9.15 Å². The lowest BCUT2D eigenvalue weighted by atomic mass is 9.95. The third-order valence-electron chi connectivity index (χ3n) is 5.95.